The zero-order valence-electron chi connectivity index (χ0n) is 24.7. The number of benzene rings is 4. The molecule has 1 fully saturated rings. The molecule has 2 atom stereocenters. The highest BCUT2D eigenvalue weighted by Crippen LogP contribution is 2.53. The molecule has 0 saturated carbocycles. The van der Waals surface area contributed by atoms with Crippen LogP contribution >= 0.6 is 0 Å². The molecule has 4 aromatic carbocycles. The van der Waals surface area contributed by atoms with E-state index >= 15 is 0 Å². The predicted octanol–water partition coefficient (Wildman–Crippen LogP) is 7.09. The lowest BCUT2D eigenvalue weighted by Gasteiger charge is -2.46. The third-order valence-corrected chi connectivity index (χ3v) is 8.75. The van der Waals surface area contributed by atoms with Gasteiger partial charge in [0.2, 0.25) is 18.3 Å². The first-order valence-electron chi connectivity index (χ1n) is 15.0. The van der Waals surface area contributed by atoms with Crippen molar-refractivity contribution in [1.29, 1.82) is 0 Å². The highest BCUT2D eigenvalue weighted by Gasteiger charge is 2.41. The van der Waals surface area contributed by atoms with E-state index in [0.717, 1.165) is 54.0 Å². The first-order chi connectivity index (χ1) is 21.2. The third-order valence-electron chi connectivity index (χ3n) is 8.75. The van der Waals surface area contributed by atoms with Crippen molar-refractivity contribution in [3.05, 3.63) is 107 Å². The number of piperidine rings is 1. The molecule has 0 aliphatic carbocycles. The van der Waals surface area contributed by atoms with Crippen molar-refractivity contribution in [2.45, 2.75) is 51.0 Å². The molecule has 4 aromatic rings. The Kier molecular flexibility index (Phi) is 7.73. The SMILES string of the molecule is COc1cc([C@@H]2c3cc4c(c(OCc5ccccc5)c3C[C@@H]3CCCCN32)OCO4)cc(OC)c1OCc1ccccc1. The van der Waals surface area contributed by atoms with Crippen LogP contribution in [0.2, 0.25) is 0 Å². The van der Waals surface area contributed by atoms with Crippen molar-refractivity contribution < 1.29 is 28.4 Å². The number of hydrogen-bond donors (Lipinski definition) is 0. The van der Waals surface area contributed by atoms with E-state index in [1.807, 2.05) is 48.5 Å². The zero-order valence-corrected chi connectivity index (χ0v) is 24.7. The van der Waals surface area contributed by atoms with Gasteiger partial charge in [-0.3, -0.25) is 4.90 Å². The van der Waals surface area contributed by atoms with Gasteiger partial charge in [0.15, 0.2) is 23.0 Å². The maximum atomic E-state index is 6.59. The van der Waals surface area contributed by atoms with Crippen LogP contribution in [0.3, 0.4) is 0 Å². The highest BCUT2D eigenvalue weighted by molar-refractivity contribution is 5.64. The second-order valence-corrected chi connectivity index (χ2v) is 11.3. The summed E-state index contributed by atoms with van der Waals surface area (Å²) >= 11 is 0. The lowest BCUT2D eigenvalue weighted by molar-refractivity contribution is 0.0981. The van der Waals surface area contributed by atoms with Gasteiger partial charge in [0.1, 0.15) is 13.2 Å². The van der Waals surface area contributed by atoms with E-state index in [1.54, 1.807) is 14.2 Å². The van der Waals surface area contributed by atoms with Crippen LogP contribution in [-0.2, 0) is 19.6 Å². The second kappa shape index (κ2) is 12.1. The Morgan fingerprint density at radius 1 is 0.767 bits per heavy atom. The maximum Gasteiger partial charge on any atom is 0.231 e. The van der Waals surface area contributed by atoms with Gasteiger partial charge in [-0.25, -0.2) is 0 Å². The van der Waals surface area contributed by atoms with E-state index in [0.29, 0.717) is 42.3 Å². The Morgan fingerprint density at radius 3 is 2.07 bits per heavy atom. The summed E-state index contributed by atoms with van der Waals surface area (Å²) in [5, 5.41) is 0. The minimum atomic E-state index is -0.0337. The molecule has 0 N–H and O–H groups in total. The van der Waals surface area contributed by atoms with Crippen molar-refractivity contribution >= 4 is 0 Å². The topological polar surface area (TPSA) is 58.6 Å². The molecule has 3 aliphatic heterocycles. The van der Waals surface area contributed by atoms with Crippen LogP contribution in [-0.4, -0.2) is 38.5 Å². The molecule has 0 amide bonds. The van der Waals surface area contributed by atoms with Gasteiger partial charge in [-0.05, 0) is 66.3 Å². The summed E-state index contributed by atoms with van der Waals surface area (Å²) in [4.78, 5) is 2.63. The molecular weight excluding hydrogens is 542 g/mol. The van der Waals surface area contributed by atoms with Crippen LogP contribution in [0, 0.1) is 0 Å². The van der Waals surface area contributed by atoms with E-state index in [-0.39, 0.29) is 12.8 Å². The van der Waals surface area contributed by atoms with Gasteiger partial charge in [0, 0.05) is 11.6 Å². The second-order valence-electron chi connectivity index (χ2n) is 11.3. The predicted molar refractivity (Wildman–Crippen MR) is 164 cm³/mol. The highest BCUT2D eigenvalue weighted by atomic mass is 16.7. The lowest BCUT2D eigenvalue weighted by Crippen LogP contribution is -2.47. The molecule has 3 heterocycles. The molecule has 0 unspecified atom stereocenters. The summed E-state index contributed by atoms with van der Waals surface area (Å²) in [6, 6.07) is 27.1. The standard InChI is InChI=1S/C36H37NO6/c1-38-30-17-26(18-31(39-2)35(30)41-22-25-13-7-4-8-14-25)33-28-20-32-36(43-23-42-32)34(40-21-24-11-5-3-6-12-24)29(28)19-27-15-9-10-16-37(27)33/h3-8,11-14,17-18,20,27,33H,9-10,15-16,19,21-23H2,1-2H3/t27-,33+/m0/s1. The van der Waals surface area contributed by atoms with Crippen molar-refractivity contribution in [1.82, 2.24) is 4.90 Å². The number of nitrogens with zero attached hydrogens (tertiary/aromatic N) is 1. The Hall–Kier alpha value is -4.36. The summed E-state index contributed by atoms with van der Waals surface area (Å²) in [7, 11) is 3.36. The first-order valence-corrected chi connectivity index (χ1v) is 15.0. The fraction of sp³-hybridized carbons (Fsp3) is 0.333. The molecular formula is C36H37NO6. The summed E-state index contributed by atoms with van der Waals surface area (Å²) < 4.78 is 36.7. The molecule has 0 spiro atoms. The van der Waals surface area contributed by atoms with E-state index in [9.17, 15) is 0 Å². The smallest absolute Gasteiger partial charge is 0.231 e. The number of fused-ring (bicyclic) bond motifs is 3. The van der Waals surface area contributed by atoms with E-state index < -0.39 is 0 Å². The first kappa shape index (κ1) is 27.5. The molecule has 222 valence electrons. The molecule has 7 nitrogen and oxygen atoms in total. The van der Waals surface area contributed by atoms with E-state index in [4.69, 9.17) is 28.4 Å². The van der Waals surface area contributed by atoms with Gasteiger partial charge in [0.25, 0.3) is 0 Å². The summed E-state index contributed by atoms with van der Waals surface area (Å²) in [5.74, 6) is 4.12. The Balaban J connectivity index is 1.31. The number of ether oxygens (including phenoxy) is 6. The van der Waals surface area contributed by atoms with Crippen LogP contribution in [0.4, 0.5) is 0 Å². The van der Waals surface area contributed by atoms with Crippen molar-refractivity contribution in [3.8, 4) is 34.5 Å². The van der Waals surface area contributed by atoms with Gasteiger partial charge in [-0.2, -0.15) is 0 Å². The molecule has 0 radical (unpaired) electrons. The minimum absolute atomic E-state index is 0.0337. The maximum absolute atomic E-state index is 6.59. The van der Waals surface area contributed by atoms with E-state index in [1.165, 1.54) is 17.5 Å². The van der Waals surface area contributed by atoms with Gasteiger partial charge in [-0.1, -0.05) is 67.1 Å². The Morgan fingerprint density at radius 2 is 1.42 bits per heavy atom. The molecule has 7 rings (SSSR count). The number of rotatable bonds is 9. The van der Waals surface area contributed by atoms with Crippen LogP contribution < -0.4 is 28.4 Å². The fourth-order valence-electron chi connectivity index (χ4n) is 6.70. The monoisotopic (exact) mass is 579 g/mol. The largest absolute Gasteiger partial charge is 0.493 e. The summed E-state index contributed by atoms with van der Waals surface area (Å²) in [5.41, 5.74) is 5.64. The Labute approximate surface area is 252 Å². The zero-order chi connectivity index (χ0) is 29.2. The van der Waals surface area contributed by atoms with Gasteiger partial charge in [0.05, 0.1) is 20.3 Å². The average Bonchev–Trinajstić information content (AvgIpc) is 3.54. The van der Waals surface area contributed by atoms with Crippen molar-refractivity contribution in [2.24, 2.45) is 0 Å². The van der Waals surface area contributed by atoms with Crippen LogP contribution in [0.25, 0.3) is 0 Å². The van der Waals surface area contributed by atoms with E-state index in [2.05, 4.69) is 35.2 Å². The van der Waals surface area contributed by atoms with Crippen molar-refractivity contribution in [2.75, 3.05) is 27.6 Å². The number of methoxy groups -OCH3 is 2. The number of hydrogen-bond acceptors (Lipinski definition) is 7. The molecule has 0 bridgehead atoms. The third kappa shape index (κ3) is 5.34. The molecule has 0 aromatic heterocycles. The normalized spacial score (nSPS) is 18.8. The summed E-state index contributed by atoms with van der Waals surface area (Å²) in [6.45, 7) is 2.08. The fourth-order valence-corrected chi connectivity index (χ4v) is 6.70. The van der Waals surface area contributed by atoms with Gasteiger partial charge in [-0.15, -0.1) is 0 Å². The van der Waals surface area contributed by atoms with Crippen molar-refractivity contribution in [3.63, 3.8) is 0 Å². The average molecular weight is 580 g/mol. The lowest BCUT2D eigenvalue weighted by atomic mass is 9.80. The quantitative estimate of drug-likeness (QED) is 0.210. The van der Waals surface area contributed by atoms with Gasteiger partial charge >= 0.3 is 0 Å². The minimum Gasteiger partial charge on any atom is -0.493 e. The Bertz CT molecular complexity index is 1550. The molecule has 7 heteroatoms. The molecule has 1 saturated heterocycles. The van der Waals surface area contributed by atoms with Gasteiger partial charge < -0.3 is 28.4 Å². The van der Waals surface area contributed by atoms with Crippen LogP contribution in [0.1, 0.15) is 53.1 Å². The summed E-state index contributed by atoms with van der Waals surface area (Å²) in [6.07, 6.45) is 4.41. The molecule has 43 heavy (non-hydrogen) atoms. The van der Waals surface area contributed by atoms with Crippen LogP contribution in [0.15, 0.2) is 78.9 Å². The molecule has 3 aliphatic rings. The van der Waals surface area contributed by atoms with Crippen LogP contribution in [0.5, 0.6) is 34.5 Å².